The fourth-order valence-corrected chi connectivity index (χ4v) is 3.73. The van der Waals surface area contributed by atoms with Crippen LogP contribution < -0.4 is 4.90 Å². The molecule has 2 heterocycles. The first-order valence-corrected chi connectivity index (χ1v) is 8.04. The fourth-order valence-electron chi connectivity index (χ4n) is 2.57. The Morgan fingerprint density at radius 2 is 1.95 bits per heavy atom. The lowest BCUT2D eigenvalue weighted by molar-refractivity contribution is 0.139. The molecule has 0 aliphatic carbocycles. The van der Waals surface area contributed by atoms with E-state index in [1.165, 1.54) is 0 Å². The first kappa shape index (κ1) is 15.7. The van der Waals surface area contributed by atoms with E-state index in [-0.39, 0.29) is 17.6 Å². The van der Waals surface area contributed by atoms with E-state index in [0.29, 0.717) is 0 Å². The molecule has 0 aromatic carbocycles. The summed E-state index contributed by atoms with van der Waals surface area (Å²) in [5.74, 6) is 0. The number of aliphatic hydroxyl groups is 1. The zero-order valence-corrected chi connectivity index (χ0v) is 14.3. The van der Waals surface area contributed by atoms with Crippen LogP contribution in [0.5, 0.6) is 0 Å². The third-order valence-corrected chi connectivity index (χ3v) is 5.23. The predicted molar refractivity (Wildman–Crippen MR) is 85.7 cm³/mol. The summed E-state index contributed by atoms with van der Waals surface area (Å²) in [5, 5.41) is 10.6. The minimum absolute atomic E-state index is 0.0189. The second-order valence-corrected chi connectivity index (χ2v) is 8.39. The van der Waals surface area contributed by atoms with E-state index in [2.05, 4.69) is 51.5 Å². The van der Waals surface area contributed by atoms with Crippen molar-refractivity contribution >= 4 is 16.5 Å². The maximum atomic E-state index is 9.58. The van der Waals surface area contributed by atoms with Gasteiger partial charge in [0.1, 0.15) is 0 Å². The van der Waals surface area contributed by atoms with Gasteiger partial charge in [0, 0.05) is 30.6 Å². The average Bonchev–Trinajstić information content (AvgIpc) is 2.76. The van der Waals surface area contributed by atoms with Gasteiger partial charge in [-0.25, -0.2) is 4.98 Å². The number of thiazole rings is 1. The highest BCUT2D eigenvalue weighted by atomic mass is 32.1. The van der Waals surface area contributed by atoms with Gasteiger partial charge in [-0.05, 0) is 20.9 Å². The number of hydrogen-bond acceptors (Lipinski definition) is 5. The van der Waals surface area contributed by atoms with Crippen LogP contribution in [0.4, 0.5) is 5.13 Å². The van der Waals surface area contributed by atoms with Crippen LogP contribution in [0.2, 0.25) is 0 Å². The molecule has 0 saturated carbocycles. The molecule has 0 unspecified atom stereocenters. The van der Waals surface area contributed by atoms with Gasteiger partial charge in [-0.1, -0.05) is 32.1 Å². The smallest absolute Gasteiger partial charge is 0.185 e. The molecule has 20 heavy (non-hydrogen) atoms. The third kappa shape index (κ3) is 3.00. The summed E-state index contributed by atoms with van der Waals surface area (Å²) in [6.07, 6.45) is 0. The monoisotopic (exact) mass is 297 g/mol. The van der Waals surface area contributed by atoms with Gasteiger partial charge in [-0.15, -0.1) is 0 Å². The van der Waals surface area contributed by atoms with Crippen LogP contribution in [-0.4, -0.2) is 47.2 Å². The molecule has 1 saturated heterocycles. The molecular formula is C15H27N3OS. The number of aromatic nitrogens is 1. The molecule has 4 nitrogen and oxygen atoms in total. The summed E-state index contributed by atoms with van der Waals surface area (Å²) in [6.45, 7) is 14.1. The molecule has 1 aromatic rings. The SMILES string of the molecule is CN1CCN(c2nc(C(C)(C)C)c(CO)s2)CC1(C)C. The largest absolute Gasteiger partial charge is 0.391 e. The van der Waals surface area contributed by atoms with E-state index in [1.54, 1.807) is 11.3 Å². The van der Waals surface area contributed by atoms with Gasteiger partial charge < -0.3 is 10.0 Å². The van der Waals surface area contributed by atoms with Crippen molar-refractivity contribution in [2.45, 2.75) is 52.2 Å². The Balaban J connectivity index is 2.28. The second kappa shape index (κ2) is 5.28. The van der Waals surface area contributed by atoms with Crippen molar-refractivity contribution in [3.8, 4) is 0 Å². The molecule has 1 aliphatic heterocycles. The molecule has 0 atom stereocenters. The zero-order valence-electron chi connectivity index (χ0n) is 13.5. The van der Waals surface area contributed by atoms with Gasteiger partial charge >= 0.3 is 0 Å². The third-order valence-electron chi connectivity index (χ3n) is 4.13. The summed E-state index contributed by atoms with van der Waals surface area (Å²) in [6, 6.07) is 0. The van der Waals surface area contributed by atoms with Crippen LogP contribution in [0, 0.1) is 0 Å². The molecule has 1 aromatic heterocycles. The quantitative estimate of drug-likeness (QED) is 0.910. The molecule has 1 fully saturated rings. The summed E-state index contributed by atoms with van der Waals surface area (Å²) in [5.41, 5.74) is 1.18. The lowest BCUT2D eigenvalue weighted by Gasteiger charge is -2.45. The Labute approximate surface area is 126 Å². The number of aliphatic hydroxyl groups excluding tert-OH is 1. The average molecular weight is 297 g/mol. The number of likely N-dealkylation sites (N-methyl/N-ethyl adjacent to an activating group) is 1. The molecule has 114 valence electrons. The van der Waals surface area contributed by atoms with Crippen molar-refractivity contribution in [2.24, 2.45) is 0 Å². The van der Waals surface area contributed by atoms with E-state index in [4.69, 9.17) is 4.98 Å². The van der Waals surface area contributed by atoms with Crippen LogP contribution in [0.1, 0.15) is 45.2 Å². The second-order valence-electron chi connectivity index (χ2n) is 7.33. The Hall–Kier alpha value is -0.650. The number of rotatable bonds is 2. The number of piperazine rings is 1. The Morgan fingerprint density at radius 3 is 2.40 bits per heavy atom. The van der Waals surface area contributed by atoms with Gasteiger partial charge in [0.05, 0.1) is 17.2 Å². The van der Waals surface area contributed by atoms with Gasteiger partial charge in [0.15, 0.2) is 5.13 Å². The topological polar surface area (TPSA) is 39.6 Å². The summed E-state index contributed by atoms with van der Waals surface area (Å²) >= 11 is 1.64. The van der Waals surface area contributed by atoms with Crippen molar-refractivity contribution in [3.05, 3.63) is 10.6 Å². The van der Waals surface area contributed by atoms with E-state index in [1.807, 2.05) is 0 Å². The van der Waals surface area contributed by atoms with Crippen molar-refractivity contribution in [2.75, 3.05) is 31.6 Å². The lowest BCUT2D eigenvalue weighted by Crippen LogP contribution is -2.57. The normalized spacial score (nSPS) is 20.4. The van der Waals surface area contributed by atoms with Gasteiger partial charge in [-0.2, -0.15) is 0 Å². The van der Waals surface area contributed by atoms with E-state index < -0.39 is 0 Å². The van der Waals surface area contributed by atoms with Gasteiger partial charge in [0.25, 0.3) is 0 Å². The van der Waals surface area contributed by atoms with E-state index in [9.17, 15) is 5.11 Å². The highest BCUT2D eigenvalue weighted by Crippen LogP contribution is 2.35. The Morgan fingerprint density at radius 1 is 1.30 bits per heavy atom. The van der Waals surface area contributed by atoms with E-state index in [0.717, 1.165) is 35.3 Å². The molecular weight excluding hydrogens is 270 g/mol. The van der Waals surface area contributed by atoms with Gasteiger partial charge in [0.2, 0.25) is 0 Å². The number of nitrogens with zero attached hydrogens (tertiary/aromatic N) is 3. The first-order valence-electron chi connectivity index (χ1n) is 7.22. The van der Waals surface area contributed by atoms with Crippen LogP contribution in [0.25, 0.3) is 0 Å². The number of anilines is 1. The van der Waals surface area contributed by atoms with Crippen LogP contribution in [0.3, 0.4) is 0 Å². The van der Waals surface area contributed by atoms with Crippen LogP contribution in [-0.2, 0) is 12.0 Å². The van der Waals surface area contributed by atoms with Crippen LogP contribution in [0.15, 0.2) is 0 Å². The highest BCUT2D eigenvalue weighted by Gasteiger charge is 2.33. The summed E-state index contributed by atoms with van der Waals surface area (Å²) in [4.78, 5) is 10.6. The number of hydrogen-bond donors (Lipinski definition) is 1. The maximum absolute atomic E-state index is 9.58. The maximum Gasteiger partial charge on any atom is 0.185 e. The molecule has 1 N–H and O–H groups in total. The van der Waals surface area contributed by atoms with Crippen molar-refractivity contribution in [1.29, 1.82) is 0 Å². The Bertz CT molecular complexity index is 476. The standard InChI is InChI=1S/C15H27N3OS/c1-14(2,3)12-11(9-19)20-13(16-12)18-8-7-17(6)15(4,5)10-18/h19H,7-10H2,1-6H3. The lowest BCUT2D eigenvalue weighted by atomic mass is 9.91. The van der Waals surface area contributed by atoms with Crippen molar-refractivity contribution in [3.63, 3.8) is 0 Å². The molecule has 0 amide bonds. The fraction of sp³-hybridized carbons (Fsp3) is 0.800. The predicted octanol–water partition coefficient (Wildman–Crippen LogP) is 2.46. The minimum Gasteiger partial charge on any atom is -0.391 e. The van der Waals surface area contributed by atoms with Crippen LogP contribution >= 0.6 is 11.3 Å². The van der Waals surface area contributed by atoms with Crippen molar-refractivity contribution < 1.29 is 5.11 Å². The van der Waals surface area contributed by atoms with Crippen molar-refractivity contribution in [1.82, 2.24) is 9.88 Å². The van der Waals surface area contributed by atoms with Gasteiger partial charge in [-0.3, -0.25) is 4.90 Å². The molecule has 0 radical (unpaired) electrons. The molecule has 5 heteroatoms. The molecule has 2 rings (SSSR count). The molecule has 1 aliphatic rings. The molecule has 0 spiro atoms. The Kier molecular flexibility index (Phi) is 4.15. The molecule has 0 bridgehead atoms. The van der Waals surface area contributed by atoms with E-state index >= 15 is 0 Å². The first-order chi connectivity index (χ1) is 9.15. The zero-order chi connectivity index (χ0) is 15.1. The highest BCUT2D eigenvalue weighted by molar-refractivity contribution is 7.15. The summed E-state index contributed by atoms with van der Waals surface area (Å²) < 4.78 is 0. The summed E-state index contributed by atoms with van der Waals surface area (Å²) in [7, 11) is 2.18. The minimum atomic E-state index is -0.0189.